The number of carbonyl (C=O) groups is 1. The van der Waals surface area contributed by atoms with Gasteiger partial charge in [0.05, 0.1) is 18.0 Å². The van der Waals surface area contributed by atoms with Gasteiger partial charge in [-0.15, -0.1) is 0 Å². The zero-order valence-electron chi connectivity index (χ0n) is 24.8. The van der Waals surface area contributed by atoms with Crippen LogP contribution in [0.3, 0.4) is 0 Å². The first-order valence-electron chi connectivity index (χ1n) is 13.6. The van der Waals surface area contributed by atoms with Crippen molar-refractivity contribution in [1.82, 2.24) is 15.0 Å². The number of anilines is 3. The summed E-state index contributed by atoms with van der Waals surface area (Å²) < 4.78 is 17.6. The summed E-state index contributed by atoms with van der Waals surface area (Å²) in [4.78, 5) is 27.3. The third-order valence-electron chi connectivity index (χ3n) is 7.79. The predicted octanol–water partition coefficient (Wildman–Crippen LogP) is 5.87. The summed E-state index contributed by atoms with van der Waals surface area (Å²) in [5, 5.41) is 3.88. The minimum absolute atomic E-state index is 0.0848. The molecule has 1 aromatic carbocycles. The number of benzene rings is 1. The molecule has 0 amide bonds. The lowest BCUT2D eigenvalue weighted by molar-refractivity contribution is 0.146. The maximum atomic E-state index is 11.4. The molecule has 0 spiro atoms. The fourth-order valence-corrected chi connectivity index (χ4v) is 5.63. The second kappa shape index (κ2) is 12.5. The summed E-state index contributed by atoms with van der Waals surface area (Å²) in [6.45, 7) is 15.3. The number of halogens is 1. The molecule has 41 heavy (non-hydrogen) atoms. The standard InChI is InChI=1S/C29H38BClN5O4Si/c1-28(2,3)41(6,7)40-18-29(4)17-36(30-19-37)26-22(29)14-20(16-33-26)23-10-11-32-27(34-23)35-24-15-21(31)8-9-25(24)39-13-12-38-5/h8-11,14-16,19H,12-13,17-18H2,1-7H3,(H,32,34,35). The Morgan fingerprint density at radius 2 is 1.98 bits per heavy atom. The van der Waals surface area contributed by atoms with Gasteiger partial charge in [-0.05, 0) is 48.5 Å². The lowest BCUT2D eigenvalue weighted by Crippen LogP contribution is -2.46. The predicted molar refractivity (Wildman–Crippen MR) is 168 cm³/mol. The Bertz CT molecular complexity index is 1390. The monoisotopic (exact) mass is 594 g/mol. The Kier molecular flexibility index (Phi) is 9.42. The van der Waals surface area contributed by atoms with Gasteiger partial charge in [-0.1, -0.05) is 39.3 Å². The average Bonchev–Trinajstić information content (AvgIpc) is 3.20. The first-order chi connectivity index (χ1) is 19.4. The zero-order chi connectivity index (χ0) is 29.8. The summed E-state index contributed by atoms with van der Waals surface area (Å²) in [5.74, 6) is 1.76. The first kappa shape index (κ1) is 31.0. The molecule has 1 aliphatic heterocycles. The van der Waals surface area contributed by atoms with Crippen LogP contribution in [0, 0.1) is 0 Å². The molecule has 1 N–H and O–H groups in total. The van der Waals surface area contributed by atoms with Gasteiger partial charge in [0.2, 0.25) is 5.95 Å². The molecule has 0 fully saturated rings. The fourth-order valence-electron chi connectivity index (χ4n) is 4.34. The van der Waals surface area contributed by atoms with Crippen molar-refractivity contribution in [3.8, 4) is 17.0 Å². The minimum atomic E-state index is -2.00. The van der Waals surface area contributed by atoms with Crippen molar-refractivity contribution >= 4 is 51.0 Å². The highest BCUT2D eigenvalue weighted by Crippen LogP contribution is 2.43. The number of ether oxygens (including phenoxy) is 2. The van der Waals surface area contributed by atoms with Crippen LogP contribution in [0.1, 0.15) is 33.3 Å². The third-order valence-corrected chi connectivity index (χ3v) is 12.5. The first-order valence-corrected chi connectivity index (χ1v) is 16.9. The molecule has 0 saturated heterocycles. The Balaban J connectivity index is 1.64. The molecule has 3 aromatic rings. The normalized spacial score (nSPS) is 16.8. The van der Waals surface area contributed by atoms with Gasteiger partial charge in [-0.3, -0.25) is 0 Å². The Morgan fingerprint density at radius 3 is 2.68 bits per heavy atom. The van der Waals surface area contributed by atoms with E-state index in [-0.39, 0.29) is 10.5 Å². The summed E-state index contributed by atoms with van der Waals surface area (Å²) in [5.41, 5.74) is 2.84. The van der Waals surface area contributed by atoms with Crippen molar-refractivity contribution in [3.63, 3.8) is 0 Å². The average molecular weight is 595 g/mol. The molecule has 1 aliphatic rings. The molecule has 4 rings (SSSR count). The van der Waals surface area contributed by atoms with Gasteiger partial charge in [-0.2, -0.15) is 0 Å². The van der Waals surface area contributed by atoms with Gasteiger partial charge in [0.15, 0.2) is 8.32 Å². The molecule has 3 heterocycles. The quantitative estimate of drug-likeness (QED) is 0.157. The Morgan fingerprint density at radius 1 is 1.20 bits per heavy atom. The molecule has 1 radical (unpaired) electrons. The lowest BCUT2D eigenvalue weighted by Gasteiger charge is -2.39. The van der Waals surface area contributed by atoms with Crippen LogP contribution >= 0.6 is 11.6 Å². The Hall–Kier alpha value is -2.99. The number of aromatic nitrogens is 3. The van der Waals surface area contributed by atoms with Crippen LogP contribution in [0.5, 0.6) is 5.75 Å². The number of hydrogen-bond acceptors (Lipinski definition) is 9. The summed E-state index contributed by atoms with van der Waals surface area (Å²) >= 11 is 6.26. The van der Waals surface area contributed by atoms with Crippen molar-refractivity contribution in [2.45, 2.75) is 51.2 Å². The summed E-state index contributed by atoms with van der Waals surface area (Å²) in [6.07, 6.45) is 4.26. The van der Waals surface area contributed by atoms with Gasteiger partial charge in [0.25, 0.3) is 0 Å². The van der Waals surface area contributed by atoms with Crippen LogP contribution in [-0.4, -0.2) is 70.3 Å². The molecule has 2 aromatic heterocycles. The maximum absolute atomic E-state index is 11.4. The van der Waals surface area contributed by atoms with Crippen molar-refractivity contribution < 1.29 is 18.7 Å². The number of pyridine rings is 1. The van der Waals surface area contributed by atoms with E-state index in [4.69, 9.17) is 35.5 Å². The van der Waals surface area contributed by atoms with Crippen molar-refractivity contribution in [2.24, 2.45) is 0 Å². The second-order valence-electron chi connectivity index (χ2n) is 12.0. The molecule has 12 heteroatoms. The molecule has 9 nitrogen and oxygen atoms in total. The van der Waals surface area contributed by atoms with Crippen molar-refractivity contribution in [1.29, 1.82) is 0 Å². The van der Waals surface area contributed by atoms with E-state index in [1.807, 2.05) is 10.9 Å². The molecule has 0 saturated carbocycles. The van der Waals surface area contributed by atoms with E-state index in [1.165, 1.54) is 7.41 Å². The molecule has 0 aliphatic carbocycles. The van der Waals surface area contributed by atoms with Gasteiger partial charge >= 0.3 is 7.41 Å². The van der Waals surface area contributed by atoms with Gasteiger partial charge in [0.1, 0.15) is 24.4 Å². The SMILES string of the molecule is COCCOc1ccc(Cl)cc1Nc1nccc(-c2cnc3c(c2)C(C)(CO[Si](C)(C)C(C)(C)C)CN3[B]C=O)n1. The molecular weight excluding hydrogens is 557 g/mol. The van der Waals surface area contributed by atoms with Crippen LogP contribution in [0.4, 0.5) is 17.5 Å². The molecule has 217 valence electrons. The highest BCUT2D eigenvalue weighted by molar-refractivity contribution is 6.74. The van der Waals surface area contributed by atoms with Gasteiger partial charge in [-0.25, -0.2) is 15.0 Å². The van der Waals surface area contributed by atoms with E-state index in [0.29, 0.717) is 54.5 Å². The fraction of sp³-hybridized carbons (Fsp3) is 0.448. The minimum Gasteiger partial charge on any atom is -0.489 e. The number of carbonyl (C=O) groups excluding carboxylic acids is 1. The van der Waals surface area contributed by atoms with E-state index in [2.05, 4.69) is 57.2 Å². The lowest BCUT2D eigenvalue weighted by atomic mass is 9.85. The third kappa shape index (κ3) is 7.09. The number of rotatable bonds is 12. The van der Waals surface area contributed by atoms with E-state index >= 15 is 0 Å². The van der Waals surface area contributed by atoms with E-state index in [9.17, 15) is 4.79 Å². The summed E-state index contributed by atoms with van der Waals surface area (Å²) in [7, 11) is 1.16. The highest BCUT2D eigenvalue weighted by atomic mass is 35.5. The van der Waals surface area contributed by atoms with Crippen LogP contribution < -0.4 is 14.9 Å². The van der Waals surface area contributed by atoms with Crippen molar-refractivity contribution in [2.75, 3.05) is 43.6 Å². The Labute approximate surface area is 249 Å². The number of hydrogen-bond donors (Lipinski definition) is 1. The van der Waals surface area contributed by atoms with E-state index in [1.54, 1.807) is 37.7 Å². The topological polar surface area (TPSA) is 98.7 Å². The number of fused-ring (bicyclic) bond motifs is 1. The van der Waals surface area contributed by atoms with Gasteiger partial charge < -0.3 is 28.8 Å². The second-order valence-corrected chi connectivity index (χ2v) is 17.2. The smallest absolute Gasteiger partial charge is 0.330 e. The molecular formula is C29H38BClN5O4Si. The van der Waals surface area contributed by atoms with Crippen LogP contribution in [0.15, 0.2) is 42.7 Å². The van der Waals surface area contributed by atoms with Crippen LogP contribution in [0.25, 0.3) is 11.3 Å². The van der Waals surface area contributed by atoms with Crippen LogP contribution in [0.2, 0.25) is 23.2 Å². The maximum Gasteiger partial charge on any atom is 0.330 e. The zero-order valence-corrected chi connectivity index (χ0v) is 26.6. The number of nitrogens with zero attached hydrogens (tertiary/aromatic N) is 4. The van der Waals surface area contributed by atoms with Crippen LogP contribution in [-0.2, 0) is 19.4 Å². The number of nitrogens with one attached hydrogen (secondary N) is 1. The van der Waals surface area contributed by atoms with E-state index in [0.717, 1.165) is 23.1 Å². The largest absolute Gasteiger partial charge is 0.489 e. The number of methoxy groups -OCH3 is 1. The molecule has 1 unspecified atom stereocenters. The van der Waals surface area contributed by atoms with E-state index < -0.39 is 8.32 Å². The highest BCUT2D eigenvalue weighted by Gasteiger charge is 2.44. The van der Waals surface area contributed by atoms with Crippen molar-refractivity contribution in [3.05, 3.63) is 53.3 Å². The molecule has 0 bridgehead atoms. The summed E-state index contributed by atoms with van der Waals surface area (Å²) in [6, 6.07) is 9.27. The van der Waals surface area contributed by atoms with Gasteiger partial charge in [0, 0.05) is 54.2 Å². The molecule has 1 atom stereocenters.